The van der Waals surface area contributed by atoms with E-state index in [0.717, 1.165) is 24.3 Å². The van der Waals surface area contributed by atoms with E-state index in [2.05, 4.69) is 10.2 Å². The summed E-state index contributed by atoms with van der Waals surface area (Å²) in [5.41, 5.74) is 0. The highest BCUT2D eigenvalue weighted by atomic mass is 32.1. The summed E-state index contributed by atoms with van der Waals surface area (Å²) in [5, 5.41) is 19.2. The van der Waals surface area contributed by atoms with E-state index in [9.17, 15) is 9.90 Å². The molecule has 20 heavy (non-hydrogen) atoms. The molecule has 7 heteroatoms. The van der Waals surface area contributed by atoms with E-state index in [0.29, 0.717) is 24.7 Å². The summed E-state index contributed by atoms with van der Waals surface area (Å²) in [5.74, 6) is 0.197. The normalized spacial score (nSPS) is 20.1. The highest BCUT2D eigenvalue weighted by molar-refractivity contribution is 7.13. The van der Waals surface area contributed by atoms with Crippen molar-refractivity contribution in [3.63, 3.8) is 0 Å². The van der Waals surface area contributed by atoms with Gasteiger partial charge in [-0.15, -0.1) is 21.5 Å². The van der Waals surface area contributed by atoms with E-state index >= 15 is 0 Å². The van der Waals surface area contributed by atoms with Crippen LogP contribution in [-0.4, -0.2) is 38.8 Å². The minimum absolute atomic E-state index is 0.398. The van der Waals surface area contributed by atoms with Gasteiger partial charge in [0.1, 0.15) is 6.04 Å². The standard InChI is InChI=1S/C13H15N3O3S/c17-13(18)9-4-1-2-6-16(9)8-11-14-15-12(19-11)10-5-3-7-20-10/h3,5,7,9H,1-2,4,6,8H2,(H,17,18). The zero-order valence-corrected chi connectivity index (χ0v) is 11.7. The molecule has 2 aromatic rings. The van der Waals surface area contributed by atoms with Crippen molar-refractivity contribution in [1.29, 1.82) is 0 Å². The van der Waals surface area contributed by atoms with Crippen LogP contribution in [0.2, 0.25) is 0 Å². The lowest BCUT2D eigenvalue weighted by molar-refractivity contribution is -0.145. The van der Waals surface area contributed by atoms with Gasteiger partial charge in [-0.1, -0.05) is 12.5 Å². The number of hydrogen-bond acceptors (Lipinski definition) is 6. The zero-order chi connectivity index (χ0) is 13.9. The number of nitrogens with zero attached hydrogens (tertiary/aromatic N) is 3. The van der Waals surface area contributed by atoms with Crippen molar-refractivity contribution in [1.82, 2.24) is 15.1 Å². The summed E-state index contributed by atoms with van der Waals surface area (Å²) in [6.07, 6.45) is 2.65. The number of hydrogen-bond donors (Lipinski definition) is 1. The summed E-state index contributed by atoms with van der Waals surface area (Å²) >= 11 is 1.54. The zero-order valence-electron chi connectivity index (χ0n) is 10.9. The summed E-state index contributed by atoms with van der Waals surface area (Å²) in [6, 6.07) is 3.40. The summed E-state index contributed by atoms with van der Waals surface area (Å²) in [6.45, 7) is 1.16. The second-order valence-corrected chi connectivity index (χ2v) is 5.75. The van der Waals surface area contributed by atoms with Crippen molar-refractivity contribution in [2.45, 2.75) is 31.8 Å². The second kappa shape index (κ2) is 5.72. The van der Waals surface area contributed by atoms with Crippen molar-refractivity contribution < 1.29 is 14.3 Å². The molecule has 1 N–H and O–H groups in total. The Bertz CT molecular complexity index is 581. The Hall–Kier alpha value is -1.73. The average Bonchev–Trinajstić information content (AvgIpc) is 3.09. The lowest BCUT2D eigenvalue weighted by Crippen LogP contribution is -2.44. The van der Waals surface area contributed by atoms with Crippen molar-refractivity contribution in [3.8, 4) is 10.8 Å². The first kappa shape index (κ1) is 13.3. The Morgan fingerprint density at radius 2 is 2.40 bits per heavy atom. The fourth-order valence-corrected chi connectivity index (χ4v) is 3.10. The van der Waals surface area contributed by atoms with Crippen LogP contribution in [0.4, 0.5) is 0 Å². The van der Waals surface area contributed by atoms with Crippen LogP contribution in [0.15, 0.2) is 21.9 Å². The van der Waals surface area contributed by atoms with Crippen molar-refractivity contribution >= 4 is 17.3 Å². The Kier molecular flexibility index (Phi) is 3.79. The first-order valence-corrected chi connectivity index (χ1v) is 7.45. The fraction of sp³-hybridized carbons (Fsp3) is 0.462. The lowest BCUT2D eigenvalue weighted by Gasteiger charge is -2.31. The molecule has 3 heterocycles. The van der Waals surface area contributed by atoms with Crippen LogP contribution in [0.1, 0.15) is 25.2 Å². The number of aliphatic carboxylic acids is 1. The molecule has 1 saturated heterocycles. The Labute approximate surface area is 120 Å². The predicted molar refractivity (Wildman–Crippen MR) is 73.3 cm³/mol. The average molecular weight is 293 g/mol. The molecule has 6 nitrogen and oxygen atoms in total. The Balaban J connectivity index is 1.72. The van der Waals surface area contributed by atoms with Crippen LogP contribution in [-0.2, 0) is 11.3 Å². The molecule has 3 rings (SSSR count). The number of carboxylic acid groups (broad SMARTS) is 1. The first-order chi connectivity index (χ1) is 9.74. The number of thiophene rings is 1. The van der Waals surface area contributed by atoms with E-state index in [1.54, 1.807) is 0 Å². The number of rotatable bonds is 4. The molecule has 0 spiro atoms. The van der Waals surface area contributed by atoms with Crippen LogP contribution in [0.3, 0.4) is 0 Å². The Morgan fingerprint density at radius 3 is 3.15 bits per heavy atom. The largest absolute Gasteiger partial charge is 0.480 e. The third-order valence-electron chi connectivity index (χ3n) is 3.44. The molecule has 0 amide bonds. The van der Waals surface area contributed by atoms with Crippen molar-refractivity contribution in [2.24, 2.45) is 0 Å². The van der Waals surface area contributed by atoms with Gasteiger partial charge in [0, 0.05) is 0 Å². The molecular formula is C13H15N3O3S. The van der Waals surface area contributed by atoms with Crippen LogP contribution in [0.5, 0.6) is 0 Å². The second-order valence-electron chi connectivity index (χ2n) is 4.80. The molecule has 1 fully saturated rings. The molecule has 0 saturated carbocycles. The highest BCUT2D eigenvalue weighted by Gasteiger charge is 2.29. The molecule has 0 bridgehead atoms. The maximum atomic E-state index is 11.2. The van der Waals surface area contributed by atoms with Crippen molar-refractivity contribution in [2.75, 3.05) is 6.54 Å². The maximum Gasteiger partial charge on any atom is 0.320 e. The van der Waals surface area contributed by atoms with Gasteiger partial charge in [-0.3, -0.25) is 9.69 Å². The number of carbonyl (C=O) groups is 1. The quantitative estimate of drug-likeness (QED) is 0.931. The lowest BCUT2D eigenvalue weighted by atomic mass is 10.0. The van der Waals surface area contributed by atoms with Gasteiger partial charge in [-0.2, -0.15) is 0 Å². The molecule has 0 aliphatic carbocycles. The predicted octanol–water partition coefficient (Wildman–Crippen LogP) is 2.24. The summed E-state index contributed by atoms with van der Waals surface area (Å²) in [7, 11) is 0. The molecule has 106 valence electrons. The van der Waals surface area contributed by atoms with E-state index in [-0.39, 0.29) is 0 Å². The van der Waals surface area contributed by atoms with E-state index in [1.165, 1.54) is 11.3 Å². The molecule has 1 aliphatic heterocycles. The van der Waals surface area contributed by atoms with Gasteiger partial charge < -0.3 is 9.52 Å². The number of carboxylic acids is 1. The van der Waals surface area contributed by atoms with Gasteiger partial charge in [0.15, 0.2) is 0 Å². The van der Waals surface area contributed by atoms with E-state index < -0.39 is 12.0 Å². The molecule has 0 radical (unpaired) electrons. The molecule has 0 aromatic carbocycles. The van der Waals surface area contributed by atoms with Gasteiger partial charge in [-0.05, 0) is 30.8 Å². The van der Waals surface area contributed by atoms with Gasteiger partial charge in [0.2, 0.25) is 5.89 Å². The Morgan fingerprint density at radius 1 is 1.50 bits per heavy atom. The SMILES string of the molecule is O=C(O)C1CCCCN1Cc1nnc(-c2cccs2)o1. The third-order valence-corrected chi connectivity index (χ3v) is 4.29. The molecule has 1 atom stereocenters. The smallest absolute Gasteiger partial charge is 0.320 e. The number of likely N-dealkylation sites (tertiary alicyclic amines) is 1. The monoisotopic (exact) mass is 293 g/mol. The summed E-state index contributed by atoms with van der Waals surface area (Å²) < 4.78 is 5.61. The first-order valence-electron chi connectivity index (χ1n) is 6.57. The molecule has 2 aromatic heterocycles. The van der Waals surface area contributed by atoms with E-state index in [4.69, 9.17) is 4.42 Å². The van der Waals surface area contributed by atoms with Crippen LogP contribution >= 0.6 is 11.3 Å². The molecular weight excluding hydrogens is 278 g/mol. The van der Waals surface area contributed by atoms with Gasteiger partial charge >= 0.3 is 5.97 Å². The van der Waals surface area contributed by atoms with Gasteiger partial charge in [-0.25, -0.2) is 0 Å². The van der Waals surface area contributed by atoms with Gasteiger partial charge in [0.25, 0.3) is 5.89 Å². The minimum Gasteiger partial charge on any atom is -0.480 e. The van der Waals surface area contributed by atoms with Crippen LogP contribution in [0, 0.1) is 0 Å². The van der Waals surface area contributed by atoms with Gasteiger partial charge in [0.05, 0.1) is 11.4 Å². The third kappa shape index (κ3) is 2.73. The topological polar surface area (TPSA) is 79.5 Å². The number of aromatic nitrogens is 2. The summed E-state index contributed by atoms with van der Waals surface area (Å²) in [4.78, 5) is 14.1. The fourth-order valence-electron chi connectivity index (χ4n) is 2.45. The molecule has 1 unspecified atom stereocenters. The molecule has 1 aliphatic rings. The number of piperidine rings is 1. The minimum atomic E-state index is -0.775. The van der Waals surface area contributed by atoms with Crippen molar-refractivity contribution in [3.05, 3.63) is 23.4 Å². The van der Waals surface area contributed by atoms with Crippen LogP contribution < -0.4 is 0 Å². The van der Waals surface area contributed by atoms with Crippen LogP contribution in [0.25, 0.3) is 10.8 Å². The highest BCUT2D eigenvalue weighted by Crippen LogP contribution is 2.24. The van der Waals surface area contributed by atoms with E-state index in [1.807, 2.05) is 22.4 Å². The maximum absolute atomic E-state index is 11.2.